The molecule has 4 nitrogen and oxygen atoms in total. The van der Waals surface area contributed by atoms with E-state index in [1.807, 2.05) is 0 Å². The Kier molecular flexibility index (Phi) is 5.83. The third kappa shape index (κ3) is 3.37. The number of carboxylic acid groups (broad SMARTS) is 1. The molecule has 4 rings (SSSR count). The van der Waals surface area contributed by atoms with Crippen LogP contribution in [0.4, 0.5) is 0 Å². The zero-order valence-corrected chi connectivity index (χ0v) is 18.6. The number of carboxylic acids is 1. The van der Waals surface area contributed by atoms with Crippen LogP contribution < -0.4 is 0 Å². The molecule has 2 unspecified atom stereocenters. The first-order chi connectivity index (χ1) is 13.7. The fourth-order valence-corrected chi connectivity index (χ4v) is 9.04. The Hall–Kier alpha value is -0.610. The molecule has 4 aliphatic rings. The second-order valence-electron chi connectivity index (χ2n) is 11.5. The fourth-order valence-electron chi connectivity index (χ4n) is 9.04. The molecule has 0 spiro atoms. The standard InChI is InChI=1S/C25H42O4/c1-4-17-20-14-16(26)10-12-25(20,3)19-11-13-24(2)15(6-5-7-21(27)28)8-9-18(24)22(19)23(17)29/h15-20,22-23,26,29H,4-14H2,1-3H3,(H,27,28)/t15-,16+,17+,18?,19?,20-,22-,23+,24+,25+/m0/s1. The first-order valence-corrected chi connectivity index (χ1v) is 12.3. The Morgan fingerprint density at radius 2 is 1.66 bits per heavy atom. The highest BCUT2D eigenvalue weighted by atomic mass is 16.4. The maximum atomic E-state index is 11.6. The molecule has 0 heterocycles. The minimum Gasteiger partial charge on any atom is -0.481 e. The van der Waals surface area contributed by atoms with Crippen LogP contribution in [-0.2, 0) is 4.79 Å². The lowest BCUT2D eigenvalue weighted by Gasteiger charge is -2.64. The Morgan fingerprint density at radius 1 is 0.966 bits per heavy atom. The first kappa shape index (κ1) is 21.6. The summed E-state index contributed by atoms with van der Waals surface area (Å²) in [7, 11) is 0. The van der Waals surface area contributed by atoms with E-state index in [1.54, 1.807) is 0 Å². The van der Waals surface area contributed by atoms with Gasteiger partial charge in [-0.15, -0.1) is 0 Å². The number of aliphatic hydroxyl groups excluding tert-OH is 2. The van der Waals surface area contributed by atoms with Crippen LogP contribution in [0.15, 0.2) is 0 Å². The Labute approximate surface area is 176 Å². The Bertz CT molecular complexity index is 620. The summed E-state index contributed by atoms with van der Waals surface area (Å²) in [6.45, 7) is 7.16. The van der Waals surface area contributed by atoms with Gasteiger partial charge in [0.25, 0.3) is 0 Å². The highest BCUT2D eigenvalue weighted by molar-refractivity contribution is 5.66. The quantitative estimate of drug-likeness (QED) is 0.609. The van der Waals surface area contributed by atoms with Crippen molar-refractivity contribution in [1.82, 2.24) is 0 Å². The molecule has 4 aliphatic carbocycles. The third-order valence-corrected chi connectivity index (χ3v) is 10.5. The molecule has 0 radical (unpaired) electrons. The van der Waals surface area contributed by atoms with Gasteiger partial charge in [-0.3, -0.25) is 4.79 Å². The van der Waals surface area contributed by atoms with Gasteiger partial charge in [0.15, 0.2) is 0 Å². The zero-order chi connectivity index (χ0) is 21.0. The lowest BCUT2D eigenvalue weighted by Crippen LogP contribution is -2.62. The van der Waals surface area contributed by atoms with E-state index < -0.39 is 5.97 Å². The van der Waals surface area contributed by atoms with Crippen molar-refractivity contribution in [1.29, 1.82) is 0 Å². The average Bonchev–Trinajstić information content (AvgIpc) is 3.00. The number of aliphatic carboxylic acids is 1. The molecule has 10 atom stereocenters. The second-order valence-corrected chi connectivity index (χ2v) is 11.5. The van der Waals surface area contributed by atoms with Crippen LogP contribution in [0.2, 0.25) is 0 Å². The molecule has 0 bridgehead atoms. The number of hydrogen-bond donors (Lipinski definition) is 3. The summed E-state index contributed by atoms with van der Waals surface area (Å²) in [6, 6.07) is 0. The predicted molar refractivity (Wildman–Crippen MR) is 113 cm³/mol. The van der Waals surface area contributed by atoms with Crippen LogP contribution in [0.1, 0.15) is 91.4 Å². The van der Waals surface area contributed by atoms with E-state index >= 15 is 0 Å². The van der Waals surface area contributed by atoms with Gasteiger partial charge in [-0.1, -0.05) is 27.2 Å². The smallest absolute Gasteiger partial charge is 0.303 e. The minimum atomic E-state index is -0.680. The molecule has 0 amide bonds. The van der Waals surface area contributed by atoms with Crippen molar-refractivity contribution in [2.24, 2.45) is 46.3 Å². The van der Waals surface area contributed by atoms with Gasteiger partial charge in [-0.25, -0.2) is 0 Å². The zero-order valence-electron chi connectivity index (χ0n) is 18.6. The monoisotopic (exact) mass is 406 g/mol. The minimum absolute atomic E-state index is 0.190. The van der Waals surface area contributed by atoms with Gasteiger partial charge >= 0.3 is 5.97 Å². The lowest BCUT2D eigenvalue weighted by atomic mass is 9.41. The summed E-state index contributed by atoms with van der Waals surface area (Å²) in [4.78, 5) is 11.0. The van der Waals surface area contributed by atoms with Crippen LogP contribution in [0, 0.1) is 46.3 Å². The van der Waals surface area contributed by atoms with Crippen molar-refractivity contribution in [3.8, 4) is 0 Å². The normalized spacial score (nSPS) is 51.8. The first-order valence-electron chi connectivity index (χ1n) is 12.3. The third-order valence-electron chi connectivity index (χ3n) is 10.5. The van der Waals surface area contributed by atoms with Gasteiger partial charge in [-0.05, 0) is 104 Å². The number of aliphatic hydroxyl groups is 2. The average molecular weight is 407 g/mol. The SMILES string of the molecule is CC[C@H]1[C@@H](O)[C@H]2C3CC[C@H](CCCC(=O)O)[C@@]3(C)CCC2[C@@]2(C)CC[C@@H](O)C[C@@H]12. The van der Waals surface area contributed by atoms with Crippen LogP contribution in [0.25, 0.3) is 0 Å². The Balaban J connectivity index is 1.59. The summed E-state index contributed by atoms with van der Waals surface area (Å²) in [6.07, 6.45) is 10.4. The number of rotatable bonds is 5. The molecule has 0 saturated heterocycles. The van der Waals surface area contributed by atoms with E-state index in [4.69, 9.17) is 5.11 Å². The van der Waals surface area contributed by atoms with Gasteiger partial charge in [0.2, 0.25) is 0 Å². The fraction of sp³-hybridized carbons (Fsp3) is 0.960. The topological polar surface area (TPSA) is 77.8 Å². The van der Waals surface area contributed by atoms with Crippen LogP contribution in [0.5, 0.6) is 0 Å². The van der Waals surface area contributed by atoms with Crippen LogP contribution in [0.3, 0.4) is 0 Å². The molecule has 4 saturated carbocycles. The molecule has 0 aromatic rings. The maximum absolute atomic E-state index is 11.6. The number of carbonyl (C=O) groups is 1. The van der Waals surface area contributed by atoms with Crippen molar-refractivity contribution in [3.63, 3.8) is 0 Å². The molecular weight excluding hydrogens is 364 g/mol. The molecule has 0 aliphatic heterocycles. The molecule has 4 heteroatoms. The van der Waals surface area contributed by atoms with E-state index in [-0.39, 0.29) is 29.5 Å². The van der Waals surface area contributed by atoms with E-state index in [0.717, 1.165) is 38.5 Å². The van der Waals surface area contributed by atoms with Gasteiger partial charge in [0.05, 0.1) is 12.2 Å². The lowest BCUT2D eigenvalue weighted by molar-refractivity contribution is -0.202. The largest absolute Gasteiger partial charge is 0.481 e. The summed E-state index contributed by atoms with van der Waals surface area (Å²) < 4.78 is 0. The van der Waals surface area contributed by atoms with Crippen molar-refractivity contribution in [2.45, 2.75) is 104 Å². The van der Waals surface area contributed by atoms with Crippen molar-refractivity contribution in [3.05, 3.63) is 0 Å². The predicted octanol–water partition coefficient (Wildman–Crippen LogP) is 4.87. The van der Waals surface area contributed by atoms with Gasteiger partial charge < -0.3 is 15.3 Å². The van der Waals surface area contributed by atoms with Gasteiger partial charge in [0, 0.05) is 6.42 Å². The van der Waals surface area contributed by atoms with E-state index in [9.17, 15) is 15.0 Å². The Morgan fingerprint density at radius 3 is 2.34 bits per heavy atom. The molecule has 0 aromatic heterocycles. The molecular formula is C25H42O4. The van der Waals surface area contributed by atoms with Crippen molar-refractivity contribution < 1.29 is 20.1 Å². The van der Waals surface area contributed by atoms with Crippen molar-refractivity contribution in [2.75, 3.05) is 0 Å². The summed E-state index contributed by atoms with van der Waals surface area (Å²) in [5, 5.41) is 31.1. The summed E-state index contributed by atoms with van der Waals surface area (Å²) >= 11 is 0. The number of fused-ring (bicyclic) bond motifs is 5. The second kappa shape index (κ2) is 7.82. The summed E-state index contributed by atoms with van der Waals surface area (Å²) in [5.74, 6) is 2.23. The van der Waals surface area contributed by atoms with E-state index in [2.05, 4.69) is 20.8 Å². The molecule has 3 N–H and O–H groups in total. The number of hydrogen-bond acceptors (Lipinski definition) is 3. The van der Waals surface area contributed by atoms with Gasteiger partial charge in [0.1, 0.15) is 0 Å². The molecule has 29 heavy (non-hydrogen) atoms. The molecule has 0 aromatic carbocycles. The highest BCUT2D eigenvalue weighted by Gasteiger charge is 2.64. The molecule has 166 valence electrons. The highest BCUT2D eigenvalue weighted by Crippen LogP contribution is 2.69. The van der Waals surface area contributed by atoms with E-state index in [0.29, 0.717) is 35.5 Å². The van der Waals surface area contributed by atoms with Gasteiger partial charge in [-0.2, -0.15) is 0 Å². The van der Waals surface area contributed by atoms with Crippen LogP contribution in [-0.4, -0.2) is 33.5 Å². The maximum Gasteiger partial charge on any atom is 0.303 e. The van der Waals surface area contributed by atoms with Crippen LogP contribution >= 0.6 is 0 Å². The molecule has 4 fully saturated rings. The summed E-state index contributed by atoms with van der Waals surface area (Å²) in [5.41, 5.74) is 0.517. The van der Waals surface area contributed by atoms with E-state index in [1.165, 1.54) is 25.7 Å². The van der Waals surface area contributed by atoms with Crippen molar-refractivity contribution >= 4 is 5.97 Å².